The second-order valence-electron chi connectivity index (χ2n) is 6.16. The quantitative estimate of drug-likeness (QED) is 0.693. The summed E-state index contributed by atoms with van der Waals surface area (Å²) >= 11 is 0. The molecule has 0 aromatic carbocycles. The highest BCUT2D eigenvalue weighted by Crippen LogP contribution is 2.07. The van der Waals surface area contributed by atoms with Crippen molar-refractivity contribution >= 4 is 23.7 Å². The fraction of sp³-hybridized carbons (Fsp3) is 0.333. The summed E-state index contributed by atoms with van der Waals surface area (Å²) in [6.45, 7) is 2.79. The molecule has 2 N–H and O–H groups in total. The van der Waals surface area contributed by atoms with Crippen LogP contribution >= 0.6 is 0 Å². The van der Waals surface area contributed by atoms with E-state index in [4.69, 9.17) is 9.15 Å². The maximum atomic E-state index is 12.2. The van der Waals surface area contributed by atoms with Crippen molar-refractivity contribution in [3.8, 4) is 0 Å². The van der Waals surface area contributed by atoms with Gasteiger partial charge in [-0.1, -0.05) is 13.8 Å². The number of aryl methyl sites for hydroxylation is 1. The van der Waals surface area contributed by atoms with Crippen LogP contribution in [0.5, 0.6) is 0 Å². The third-order valence-electron chi connectivity index (χ3n) is 3.73. The molecule has 144 valence electrons. The fourth-order valence-electron chi connectivity index (χ4n) is 2.27. The SMILES string of the molecule is CC(C)[C@@H](NC(=O)c1ccco1)C(=O)OCC(=O)NC(=O)c1cccn1C. The Morgan fingerprint density at radius 2 is 1.89 bits per heavy atom. The minimum absolute atomic E-state index is 0.0550. The molecule has 2 rings (SSSR count). The van der Waals surface area contributed by atoms with Crippen LogP contribution in [0.15, 0.2) is 41.1 Å². The minimum atomic E-state index is -0.973. The van der Waals surface area contributed by atoms with Gasteiger partial charge in [-0.2, -0.15) is 0 Å². The molecule has 2 aromatic heterocycles. The Labute approximate surface area is 155 Å². The van der Waals surface area contributed by atoms with Crippen molar-refractivity contribution in [2.24, 2.45) is 13.0 Å². The molecule has 0 bridgehead atoms. The van der Waals surface area contributed by atoms with Gasteiger partial charge in [0.15, 0.2) is 12.4 Å². The summed E-state index contributed by atoms with van der Waals surface area (Å²) in [6, 6.07) is 5.24. The van der Waals surface area contributed by atoms with Gasteiger partial charge in [0.2, 0.25) is 0 Å². The molecule has 0 spiro atoms. The largest absolute Gasteiger partial charge is 0.459 e. The Morgan fingerprint density at radius 1 is 1.15 bits per heavy atom. The lowest BCUT2D eigenvalue weighted by atomic mass is 10.0. The molecule has 27 heavy (non-hydrogen) atoms. The predicted molar refractivity (Wildman–Crippen MR) is 93.6 cm³/mol. The average molecular weight is 375 g/mol. The first kappa shape index (κ1) is 20.0. The minimum Gasteiger partial charge on any atom is -0.459 e. The molecule has 2 heterocycles. The van der Waals surface area contributed by atoms with Crippen molar-refractivity contribution in [2.45, 2.75) is 19.9 Å². The Morgan fingerprint density at radius 3 is 2.44 bits per heavy atom. The number of carbonyl (C=O) groups excluding carboxylic acids is 4. The summed E-state index contributed by atoms with van der Waals surface area (Å²) < 4.78 is 11.5. The number of aromatic nitrogens is 1. The van der Waals surface area contributed by atoms with Gasteiger partial charge in [0, 0.05) is 13.2 Å². The van der Waals surface area contributed by atoms with Crippen molar-refractivity contribution in [3.05, 3.63) is 48.2 Å². The normalized spacial score (nSPS) is 11.7. The van der Waals surface area contributed by atoms with Crippen molar-refractivity contribution in [2.75, 3.05) is 6.61 Å². The van der Waals surface area contributed by atoms with Crippen LogP contribution in [0.3, 0.4) is 0 Å². The number of imide groups is 1. The first-order chi connectivity index (χ1) is 12.8. The van der Waals surface area contributed by atoms with Gasteiger partial charge in [-0.3, -0.25) is 19.7 Å². The van der Waals surface area contributed by atoms with E-state index in [1.54, 1.807) is 49.9 Å². The number of hydrogen-bond acceptors (Lipinski definition) is 6. The molecule has 0 aliphatic carbocycles. The van der Waals surface area contributed by atoms with Gasteiger partial charge >= 0.3 is 5.97 Å². The zero-order valence-corrected chi connectivity index (χ0v) is 15.2. The van der Waals surface area contributed by atoms with E-state index in [0.29, 0.717) is 5.69 Å². The molecule has 3 amide bonds. The van der Waals surface area contributed by atoms with Crippen molar-refractivity contribution in [1.29, 1.82) is 0 Å². The maximum absolute atomic E-state index is 12.2. The molecule has 0 unspecified atom stereocenters. The van der Waals surface area contributed by atoms with E-state index in [0.717, 1.165) is 0 Å². The second-order valence-corrected chi connectivity index (χ2v) is 6.16. The summed E-state index contributed by atoms with van der Waals surface area (Å²) in [5.41, 5.74) is 0.292. The van der Waals surface area contributed by atoms with Gasteiger partial charge < -0.3 is 19.0 Å². The Bertz CT molecular complexity index is 822. The smallest absolute Gasteiger partial charge is 0.329 e. The molecule has 0 aliphatic heterocycles. The number of furan rings is 1. The molecule has 9 nitrogen and oxygen atoms in total. The third-order valence-corrected chi connectivity index (χ3v) is 3.73. The number of ether oxygens (including phenoxy) is 1. The molecule has 0 aliphatic rings. The van der Waals surface area contributed by atoms with E-state index >= 15 is 0 Å². The molecular weight excluding hydrogens is 354 g/mol. The van der Waals surface area contributed by atoms with Gasteiger partial charge in [-0.15, -0.1) is 0 Å². The van der Waals surface area contributed by atoms with E-state index in [-0.39, 0.29) is 11.7 Å². The molecule has 1 atom stereocenters. The van der Waals surface area contributed by atoms with Crippen LogP contribution < -0.4 is 10.6 Å². The molecule has 0 fully saturated rings. The van der Waals surface area contributed by atoms with E-state index in [1.165, 1.54) is 12.3 Å². The molecule has 2 aromatic rings. The molecule has 9 heteroatoms. The van der Waals surface area contributed by atoms with Crippen molar-refractivity contribution < 1.29 is 28.3 Å². The molecule has 0 saturated carbocycles. The first-order valence-electron chi connectivity index (χ1n) is 8.26. The van der Waals surface area contributed by atoms with Crippen LogP contribution in [0.25, 0.3) is 0 Å². The Balaban J connectivity index is 1.87. The van der Waals surface area contributed by atoms with Crippen LogP contribution in [0, 0.1) is 5.92 Å². The van der Waals surface area contributed by atoms with Gasteiger partial charge in [0.05, 0.1) is 6.26 Å². The lowest BCUT2D eigenvalue weighted by Gasteiger charge is -2.20. The van der Waals surface area contributed by atoms with Gasteiger partial charge in [0.1, 0.15) is 11.7 Å². The number of esters is 1. The number of hydrogen-bond donors (Lipinski definition) is 2. The standard InChI is InChI=1S/C18H21N3O6/c1-11(2)15(20-17(24)13-7-5-9-26-13)18(25)27-10-14(22)19-16(23)12-6-4-8-21(12)3/h4-9,11,15H,10H2,1-3H3,(H,20,24)(H,19,22,23)/t15-/m1/s1. The zero-order chi connectivity index (χ0) is 20.0. The Kier molecular flexibility index (Phi) is 6.53. The van der Waals surface area contributed by atoms with Gasteiger partial charge in [-0.05, 0) is 30.2 Å². The zero-order valence-electron chi connectivity index (χ0n) is 15.2. The summed E-state index contributed by atoms with van der Waals surface area (Å²) in [7, 11) is 1.66. The van der Waals surface area contributed by atoms with Gasteiger partial charge in [0.25, 0.3) is 17.7 Å². The van der Waals surface area contributed by atoms with E-state index in [9.17, 15) is 19.2 Å². The van der Waals surface area contributed by atoms with E-state index in [1.807, 2.05) is 0 Å². The van der Waals surface area contributed by atoms with Crippen molar-refractivity contribution in [3.63, 3.8) is 0 Å². The lowest BCUT2D eigenvalue weighted by Crippen LogP contribution is -2.46. The second kappa shape index (κ2) is 8.84. The molecular formula is C18H21N3O6. The maximum Gasteiger partial charge on any atom is 0.329 e. The number of amides is 3. The summed E-state index contributed by atoms with van der Waals surface area (Å²) in [6.07, 6.45) is 3.00. The van der Waals surface area contributed by atoms with Crippen LogP contribution in [-0.2, 0) is 21.4 Å². The third kappa shape index (κ3) is 5.30. The number of nitrogens with zero attached hydrogens (tertiary/aromatic N) is 1. The van der Waals surface area contributed by atoms with Crippen LogP contribution in [0.4, 0.5) is 0 Å². The summed E-state index contributed by atoms with van der Waals surface area (Å²) in [5, 5.41) is 4.64. The summed E-state index contributed by atoms with van der Waals surface area (Å²) in [5.74, 6) is -2.96. The van der Waals surface area contributed by atoms with Crippen LogP contribution in [0.2, 0.25) is 0 Å². The average Bonchev–Trinajstić information content (AvgIpc) is 3.28. The highest BCUT2D eigenvalue weighted by Gasteiger charge is 2.27. The van der Waals surface area contributed by atoms with Gasteiger partial charge in [-0.25, -0.2) is 4.79 Å². The van der Waals surface area contributed by atoms with Crippen LogP contribution in [-0.4, -0.2) is 40.9 Å². The topological polar surface area (TPSA) is 120 Å². The lowest BCUT2D eigenvalue weighted by molar-refractivity contribution is -0.151. The highest BCUT2D eigenvalue weighted by molar-refractivity contribution is 6.04. The van der Waals surface area contributed by atoms with E-state index in [2.05, 4.69) is 10.6 Å². The number of rotatable bonds is 7. The first-order valence-corrected chi connectivity index (χ1v) is 8.26. The molecule has 0 radical (unpaired) electrons. The fourth-order valence-corrected chi connectivity index (χ4v) is 2.27. The van der Waals surface area contributed by atoms with Crippen molar-refractivity contribution in [1.82, 2.24) is 15.2 Å². The predicted octanol–water partition coefficient (Wildman–Crippen LogP) is 0.872. The molecule has 0 saturated heterocycles. The van der Waals surface area contributed by atoms with Crippen LogP contribution in [0.1, 0.15) is 34.9 Å². The number of carbonyl (C=O) groups is 4. The van der Waals surface area contributed by atoms with E-state index < -0.39 is 36.3 Å². The number of nitrogens with one attached hydrogen (secondary N) is 2. The monoisotopic (exact) mass is 375 g/mol. The summed E-state index contributed by atoms with van der Waals surface area (Å²) in [4.78, 5) is 48.0. The highest BCUT2D eigenvalue weighted by atomic mass is 16.5. The Hall–Kier alpha value is -3.36.